The van der Waals surface area contributed by atoms with Crippen molar-refractivity contribution in [2.45, 2.75) is 0 Å². The third kappa shape index (κ3) is 10.1. The molecule has 6 nitrogen and oxygen atoms in total. The van der Waals surface area contributed by atoms with Gasteiger partial charge >= 0.3 is 0 Å². The average molecular weight is 226 g/mol. The number of hydrogen-bond donors (Lipinski definition) is 2. The molecule has 0 aliphatic rings. The summed E-state index contributed by atoms with van der Waals surface area (Å²) < 4.78 is 1.56. The second-order valence-corrected chi connectivity index (χ2v) is 4.91. The van der Waals surface area contributed by atoms with Crippen LogP contribution < -0.4 is 0 Å². The van der Waals surface area contributed by atoms with Gasteiger partial charge in [0.1, 0.15) is 13.1 Å². The summed E-state index contributed by atoms with van der Waals surface area (Å²) in [4.78, 5) is 0. The lowest BCUT2D eigenvalue weighted by Crippen LogP contribution is -2.57. The van der Waals surface area contributed by atoms with Crippen LogP contribution in [0.3, 0.4) is 0 Å². The monoisotopic (exact) mass is 226 g/mol. The second-order valence-electron chi connectivity index (χ2n) is 4.91. The first-order valence-corrected chi connectivity index (χ1v) is 4.69. The first-order chi connectivity index (χ1) is 5.83. The molecule has 0 saturated carbocycles. The predicted octanol–water partition coefficient (Wildman–Crippen LogP) is -1.27. The van der Waals surface area contributed by atoms with Crippen LogP contribution in [-0.2, 0) is 0 Å². The zero-order valence-electron chi connectivity index (χ0n) is 10.2. The summed E-state index contributed by atoms with van der Waals surface area (Å²) in [6.45, 7) is 2.86. The molecule has 15 heavy (non-hydrogen) atoms. The van der Waals surface area contributed by atoms with E-state index in [2.05, 4.69) is 28.2 Å². The summed E-state index contributed by atoms with van der Waals surface area (Å²) in [7, 11) is 8.36. The Hall–Kier alpha value is -0.240. The minimum Gasteiger partial charge on any atom is -0.870 e. The van der Waals surface area contributed by atoms with Gasteiger partial charge in [-0.15, -0.1) is 0 Å². The molecule has 0 amide bonds. The molecule has 6 heteroatoms. The van der Waals surface area contributed by atoms with Crippen molar-refractivity contribution in [3.05, 3.63) is 0 Å². The van der Waals surface area contributed by atoms with Crippen molar-refractivity contribution < 1.29 is 30.1 Å². The smallest absolute Gasteiger partial charge is 0.206 e. The van der Waals surface area contributed by atoms with Crippen LogP contribution in [0.4, 0.5) is 0 Å². The van der Waals surface area contributed by atoms with E-state index in [9.17, 15) is 0 Å². The van der Waals surface area contributed by atoms with Crippen molar-refractivity contribution in [1.29, 1.82) is 0 Å². The summed E-state index contributed by atoms with van der Waals surface area (Å²) in [5, 5.41) is 17.7. The van der Waals surface area contributed by atoms with Gasteiger partial charge in [-0.05, 0) is 0 Å². The zero-order chi connectivity index (χ0) is 10.5. The molecule has 0 aromatic rings. The van der Waals surface area contributed by atoms with E-state index in [1.54, 1.807) is 0 Å². The Labute approximate surface area is 92.1 Å². The second kappa shape index (κ2) is 7.98. The molecule has 0 heterocycles. The van der Waals surface area contributed by atoms with E-state index < -0.39 is 0 Å². The Morgan fingerprint density at radius 2 is 1.00 bits per heavy atom. The van der Waals surface area contributed by atoms with E-state index in [-0.39, 0.29) is 24.2 Å². The molecule has 0 fully saturated rings. The molecular formula is C9H26N2O4. The fourth-order valence-electron chi connectivity index (χ4n) is 1.72. The Balaban J connectivity index is -0.000000720. The highest BCUT2D eigenvalue weighted by atomic mass is 16.3. The third-order valence-electron chi connectivity index (χ3n) is 2.18. The minimum atomic E-state index is 0. The number of nitrogens with zero attached hydrogens (tertiary/aromatic N) is 2. The molecular weight excluding hydrogens is 200 g/mol. The first-order valence-electron chi connectivity index (χ1n) is 4.69. The average Bonchev–Trinajstić information content (AvgIpc) is 1.82. The van der Waals surface area contributed by atoms with Gasteiger partial charge in [0.25, 0.3) is 0 Å². The summed E-state index contributed by atoms with van der Waals surface area (Å²) in [5.74, 6) is 0. The Bertz CT molecular complexity index is 135. The molecule has 96 valence electrons. The number of likely N-dealkylation sites (N-methyl/N-ethyl adjacent to an activating group) is 2. The number of rotatable bonds is 6. The molecule has 0 rings (SSSR count). The quantitative estimate of drug-likeness (QED) is 0.435. The summed E-state index contributed by atoms with van der Waals surface area (Å²) in [6.07, 6.45) is 0. The van der Waals surface area contributed by atoms with Crippen molar-refractivity contribution >= 4 is 0 Å². The topological polar surface area (TPSA) is 100 Å². The Morgan fingerprint density at radius 3 is 1.20 bits per heavy atom. The fraction of sp³-hybridized carbons (Fsp3) is 1.00. The van der Waals surface area contributed by atoms with Gasteiger partial charge in [0.2, 0.25) is 6.67 Å². The van der Waals surface area contributed by atoms with Gasteiger partial charge in [0, 0.05) is 0 Å². The highest BCUT2D eigenvalue weighted by molar-refractivity contribution is 4.29. The van der Waals surface area contributed by atoms with Gasteiger partial charge in [0.05, 0.1) is 41.4 Å². The van der Waals surface area contributed by atoms with Crippen molar-refractivity contribution in [1.82, 2.24) is 0 Å². The molecule has 0 bridgehead atoms. The van der Waals surface area contributed by atoms with Crippen LogP contribution in [0.5, 0.6) is 0 Å². The fourth-order valence-corrected chi connectivity index (χ4v) is 1.72. The highest BCUT2D eigenvalue weighted by Crippen LogP contribution is 2.04. The maximum absolute atomic E-state index is 8.86. The van der Waals surface area contributed by atoms with Crippen molar-refractivity contribution in [3.63, 3.8) is 0 Å². The van der Waals surface area contributed by atoms with Gasteiger partial charge in [-0.25, -0.2) is 0 Å². The minimum absolute atomic E-state index is 0. The summed E-state index contributed by atoms with van der Waals surface area (Å²) in [5.41, 5.74) is 0. The van der Waals surface area contributed by atoms with Crippen LogP contribution >= 0.6 is 0 Å². The molecule has 0 aliphatic carbocycles. The van der Waals surface area contributed by atoms with Gasteiger partial charge in [-0.3, -0.25) is 8.97 Å². The Kier molecular flexibility index (Phi) is 10.7. The molecule has 4 N–H and O–H groups in total. The third-order valence-corrected chi connectivity index (χ3v) is 2.18. The first kappa shape index (κ1) is 20.2. The van der Waals surface area contributed by atoms with Crippen molar-refractivity contribution in [2.24, 2.45) is 0 Å². The SMILES string of the molecule is C[N+](C)(CCO)C[N+](C)(C)CCO.[OH-].[OH-]. The normalized spacial score (nSPS) is 11.6. The summed E-state index contributed by atoms with van der Waals surface area (Å²) in [6, 6.07) is 0. The van der Waals surface area contributed by atoms with Gasteiger partial charge < -0.3 is 21.2 Å². The van der Waals surface area contributed by atoms with Crippen molar-refractivity contribution in [3.8, 4) is 0 Å². The van der Waals surface area contributed by atoms with Crippen LogP contribution in [0.25, 0.3) is 0 Å². The number of quaternary nitrogens is 2. The van der Waals surface area contributed by atoms with Gasteiger partial charge in [-0.2, -0.15) is 0 Å². The Morgan fingerprint density at radius 1 is 0.733 bits per heavy atom. The summed E-state index contributed by atoms with van der Waals surface area (Å²) >= 11 is 0. The molecule has 0 unspecified atom stereocenters. The maximum atomic E-state index is 8.86. The van der Waals surface area contributed by atoms with E-state index in [1.807, 2.05) is 0 Å². The number of aliphatic hydroxyl groups excluding tert-OH is 2. The van der Waals surface area contributed by atoms with Gasteiger partial charge in [-0.1, -0.05) is 0 Å². The van der Waals surface area contributed by atoms with E-state index in [0.29, 0.717) is 0 Å². The molecule has 0 aromatic carbocycles. The zero-order valence-corrected chi connectivity index (χ0v) is 10.2. The predicted molar refractivity (Wildman–Crippen MR) is 56.9 cm³/mol. The highest BCUT2D eigenvalue weighted by Gasteiger charge is 2.26. The van der Waals surface area contributed by atoms with E-state index in [4.69, 9.17) is 10.2 Å². The lowest BCUT2D eigenvalue weighted by molar-refractivity contribution is -1.07. The largest absolute Gasteiger partial charge is 0.870 e. The van der Waals surface area contributed by atoms with Gasteiger partial charge in [0.15, 0.2) is 0 Å². The molecule has 0 aromatic heterocycles. The number of aliphatic hydroxyl groups is 2. The van der Waals surface area contributed by atoms with E-state index in [1.165, 1.54) is 0 Å². The molecule has 0 atom stereocenters. The van der Waals surface area contributed by atoms with Crippen LogP contribution in [-0.4, -0.2) is 91.3 Å². The van der Waals surface area contributed by atoms with E-state index in [0.717, 1.165) is 28.7 Å². The van der Waals surface area contributed by atoms with Crippen molar-refractivity contribution in [2.75, 3.05) is 61.2 Å². The van der Waals surface area contributed by atoms with Crippen LogP contribution in [0, 0.1) is 0 Å². The lowest BCUT2D eigenvalue weighted by Gasteiger charge is -2.38. The molecule has 0 spiro atoms. The van der Waals surface area contributed by atoms with Crippen LogP contribution in [0.15, 0.2) is 0 Å². The van der Waals surface area contributed by atoms with Crippen LogP contribution in [0.1, 0.15) is 0 Å². The lowest BCUT2D eigenvalue weighted by atomic mass is 10.4. The standard InChI is InChI=1S/C9H24N2O2.2H2O/c1-10(2,5-7-12)9-11(3,4)6-8-13;;/h12-13H,5-9H2,1-4H3;2*1H2/q+2;;/p-2. The number of hydrogen-bond acceptors (Lipinski definition) is 4. The molecule has 0 saturated heterocycles. The molecule has 0 radical (unpaired) electrons. The van der Waals surface area contributed by atoms with Crippen LogP contribution in [0.2, 0.25) is 0 Å². The maximum Gasteiger partial charge on any atom is 0.206 e. The molecule has 0 aliphatic heterocycles. The van der Waals surface area contributed by atoms with E-state index >= 15 is 0 Å².